The number of phenols is 1. The van der Waals surface area contributed by atoms with Gasteiger partial charge in [0.15, 0.2) is 0 Å². The lowest BCUT2D eigenvalue weighted by atomic mass is 10.0. The number of phenolic OH excluding ortho intramolecular Hbond substituents is 1. The van der Waals surface area contributed by atoms with Crippen molar-refractivity contribution in [1.29, 1.82) is 0 Å². The van der Waals surface area contributed by atoms with Crippen molar-refractivity contribution < 1.29 is 9.84 Å². The maximum atomic E-state index is 9.96. The predicted molar refractivity (Wildman–Crippen MR) is 84.4 cm³/mol. The van der Waals surface area contributed by atoms with Crippen LogP contribution in [0.1, 0.15) is 64.5 Å². The number of hydrogen-bond donors (Lipinski definition) is 2. The van der Waals surface area contributed by atoms with Crippen LogP contribution in [-0.2, 0) is 0 Å². The van der Waals surface area contributed by atoms with Crippen molar-refractivity contribution in [2.75, 3.05) is 7.11 Å². The average molecular weight is 279 g/mol. The van der Waals surface area contributed by atoms with Crippen molar-refractivity contribution in [3.05, 3.63) is 23.8 Å². The summed E-state index contributed by atoms with van der Waals surface area (Å²) in [6, 6.07) is 5.94. The topological polar surface area (TPSA) is 41.5 Å². The molecular weight excluding hydrogens is 250 g/mol. The zero-order valence-electron chi connectivity index (χ0n) is 13.3. The van der Waals surface area contributed by atoms with Crippen LogP contribution in [0.4, 0.5) is 0 Å². The van der Waals surface area contributed by atoms with Gasteiger partial charge in [-0.05, 0) is 38.5 Å². The Kier molecular flexibility index (Phi) is 7.45. The minimum absolute atomic E-state index is 0.117. The average Bonchev–Trinajstić information content (AvgIpc) is 2.44. The Morgan fingerprint density at radius 2 is 1.95 bits per heavy atom. The summed E-state index contributed by atoms with van der Waals surface area (Å²) in [6.07, 6.45) is 6.34. The predicted octanol–water partition coefficient (Wildman–Crippen LogP) is 4.41. The molecule has 0 bridgehead atoms. The van der Waals surface area contributed by atoms with Gasteiger partial charge >= 0.3 is 0 Å². The van der Waals surface area contributed by atoms with Crippen LogP contribution >= 0.6 is 0 Å². The lowest BCUT2D eigenvalue weighted by Crippen LogP contribution is -2.28. The summed E-state index contributed by atoms with van der Waals surface area (Å²) >= 11 is 0. The third-order valence-electron chi connectivity index (χ3n) is 3.73. The molecule has 0 aliphatic rings. The van der Waals surface area contributed by atoms with E-state index in [1.807, 2.05) is 6.07 Å². The largest absolute Gasteiger partial charge is 0.508 e. The summed E-state index contributed by atoms with van der Waals surface area (Å²) < 4.78 is 5.22. The maximum absolute atomic E-state index is 9.96. The first-order valence-electron chi connectivity index (χ1n) is 7.71. The summed E-state index contributed by atoms with van der Waals surface area (Å²) in [7, 11) is 1.64. The first-order chi connectivity index (χ1) is 9.58. The molecule has 2 unspecified atom stereocenters. The third kappa shape index (κ3) is 5.41. The molecule has 0 radical (unpaired) electrons. The monoisotopic (exact) mass is 279 g/mol. The van der Waals surface area contributed by atoms with Gasteiger partial charge in [-0.3, -0.25) is 0 Å². The van der Waals surface area contributed by atoms with Crippen LogP contribution in [0.15, 0.2) is 18.2 Å². The second-order valence-electron chi connectivity index (χ2n) is 5.56. The fourth-order valence-electron chi connectivity index (χ4n) is 2.48. The highest BCUT2D eigenvalue weighted by atomic mass is 16.5. The number of benzene rings is 1. The van der Waals surface area contributed by atoms with E-state index < -0.39 is 0 Å². The molecule has 3 heteroatoms. The van der Waals surface area contributed by atoms with E-state index in [2.05, 4.69) is 26.1 Å². The second kappa shape index (κ2) is 8.85. The summed E-state index contributed by atoms with van der Waals surface area (Å²) in [4.78, 5) is 0. The van der Waals surface area contributed by atoms with Crippen LogP contribution in [0.25, 0.3) is 0 Å². The molecule has 0 aromatic heterocycles. The Bertz CT molecular complexity index is 393. The van der Waals surface area contributed by atoms with Crippen LogP contribution in [0.3, 0.4) is 0 Å². The maximum Gasteiger partial charge on any atom is 0.120 e. The second-order valence-corrected chi connectivity index (χ2v) is 5.56. The molecule has 1 aromatic carbocycles. The molecule has 114 valence electrons. The number of hydrogen-bond acceptors (Lipinski definition) is 3. The lowest BCUT2D eigenvalue weighted by molar-refractivity contribution is 0.399. The van der Waals surface area contributed by atoms with Gasteiger partial charge < -0.3 is 15.2 Å². The van der Waals surface area contributed by atoms with Crippen LogP contribution in [0.2, 0.25) is 0 Å². The highest BCUT2D eigenvalue weighted by Gasteiger charge is 2.13. The van der Waals surface area contributed by atoms with E-state index in [0.717, 1.165) is 11.3 Å². The molecule has 0 spiro atoms. The fraction of sp³-hybridized carbons (Fsp3) is 0.647. The summed E-state index contributed by atoms with van der Waals surface area (Å²) in [6.45, 7) is 6.52. The fourth-order valence-corrected chi connectivity index (χ4v) is 2.48. The number of nitrogens with one attached hydrogen (secondary N) is 1. The van der Waals surface area contributed by atoms with Crippen LogP contribution in [0, 0.1) is 0 Å². The van der Waals surface area contributed by atoms with Crippen molar-refractivity contribution in [3.63, 3.8) is 0 Å². The molecule has 1 aromatic rings. The molecule has 0 aliphatic heterocycles. The SMILES string of the molecule is CCCCCCC(C)NC(C)c1cc(OC)ccc1O. The number of rotatable bonds is 9. The minimum Gasteiger partial charge on any atom is -0.508 e. The quantitative estimate of drug-likeness (QED) is 0.658. The third-order valence-corrected chi connectivity index (χ3v) is 3.73. The highest BCUT2D eigenvalue weighted by molar-refractivity contribution is 5.41. The number of aromatic hydroxyl groups is 1. The zero-order chi connectivity index (χ0) is 15.0. The first-order valence-corrected chi connectivity index (χ1v) is 7.71. The van der Waals surface area contributed by atoms with Gasteiger partial charge in [0.1, 0.15) is 11.5 Å². The van der Waals surface area contributed by atoms with Crippen molar-refractivity contribution in [1.82, 2.24) is 5.32 Å². The number of unbranched alkanes of at least 4 members (excludes halogenated alkanes) is 3. The lowest BCUT2D eigenvalue weighted by Gasteiger charge is -2.21. The van der Waals surface area contributed by atoms with Crippen LogP contribution < -0.4 is 10.1 Å². The Morgan fingerprint density at radius 3 is 2.60 bits per heavy atom. The van der Waals surface area contributed by atoms with Gasteiger partial charge in [0.25, 0.3) is 0 Å². The highest BCUT2D eigenvalue weighted by Crippen LogP contribution is 2.28. The minimum atomic E-state index is 0.117. The zero-order valence-corrected chi connectivity index (χ0v) is 13.3. The van der Waals surface area contributed by atoms with Gasteiger partial charge in [-0.2, -0.15) is 0 Å². The van der Waals surface area contributed by atoms with Gasteiger partial charge in [-0.15, -0.1) is 0 Å². The Labute approximate surface area is 123 Å². The molecule has 3 nitrogen and oxygen atoms in total. The van der Waals surface area contributed by atoms with E-state index in [-0.39, 0.29) is 6.04 Å². The van der Waals surface area contributed by atoms with Crippen LogP contribution in [0.5, 0.6) is 11.5 Å². The van der Waals surface area contributed by atoms with E-state index in [0.29, 0.717) is 11.8 Å². The molecule has 20 heavy (non-hydrogen) atoms. The van der Waals surface area contributed by atoms with Crippen LogP contribution in [-0.4, -0.2) is 18.3 Å². The van der Waals surface area contributed by atoms with E-state index >= 15 is 0 Å². The van der Waals surface area contributed by atoms with Gasteiger partial charge in [-0.1, -0.05) is 32.6 Å². The van der Waals surface area contributed by atoms with Crippen molar-refractivity contribution in [2.45, 2.75) is 65.0 Å². The van der Waals surface area contributed by atoms with Gasteiger partial charge in [0.2, 0.25) is 0 Å². The van der Waals surface area contributed by atoms with Crippen molar-refractivity contribution in [2.24, 2.45) is 0 Å². The van der Waals surface area contributed by atoms with Gasteiger partial charge in [-0.25, -0.2) is 0 Å². The van der Waals surface area contributed by atoms with Crippen molar-refractivity contribution >= 4 is 0 Å². The normalized spacial score (nSPS) is 14.0. The molecule has 0 aliphatic carbocycles. The molecule has 2 atom stereocenters. The summed E-state index contributed by atoms with van der Waals surface area (Å²) in [5, 5.41) is 13.5. The molecule has 2 N–H and O–H groups in total. The molecule has 1 rings (SSSR count). The Hall–Kier alpha value is -1.22. The van der Waals surface area contributed by atoms with E-state index in [4.69, 9.17) is 4.74 Å². The standard InChI is InChI=1S/C17H29NO2/c1-5-6-7-8-9-13(2)18-14(3)16-12-15(20-4)10-11-17(16)19/h10-14,18-19H,5-9H2,1-4H3. The molecule has 0 fully saturated rings. The molecule has 0 saturated carbocycles. The number of ether oxygens (including phenoxy) is 1. The molecule has 0 saturated heterocycles. The summed E-state index contributed by atoms with van der Waals surface area (Å²) in [5.41, 5.74) is 0.893. The van der Waals surface area contributed by atoms with Gasteiger partial charge in [0, 0.05) is 17.6 Å². The first kappa shape index (κ1) is 16.8. The van der Waals surface area contributed by atoms with E-state index in [9.17, 15) is 5.11 Å². The molecule has 0 heterocycles. The molecule has 0 amide bonds. The van der Waals surface area contributed by atoms with E-state index in [1.165, 1.54) is 32.1 Å². The summed E-state index contributed by atoms with van der Waals surface area (Å²) in [5.74, 6) is 1.10. The molecular formula is C17H29NO2. The van der Waals surface area contributed by atoms with Crippen molar-refractivity contribution in [3.8, 4) is 11.5 Å². The smallest absolute Gasteiger partial charge is 0.120 e. The number of methoxy groups -OCH3 is 1. The van der Waals surface area contributed by atoms with E-state index in [1.54, 1.807) is 19.2 Å². The Balaban J connectivity index is 2.50. The Morgan fingerprint density at radius 1 is 1.20 bits per heavy atom. The van der Waals surface area contributed by atoms with Gasteiger partial charge in [0.05, 0.1) is 7.11 Å².